The van der Waals surface area contributed by atoms with Crippen molar-refractivity contribution in [3.05, 3.63) is 0 Å². The molecule has 0 spiro atoms. The molecule has 0 aliphatic heterocycles. The molecule has 0 radical (unpaired) electrons. The molecule has 0 rings (SSSR count). The predicted molar refractivity (Wildman–Crippen MR) is 41.9 cm³/mol. The summed E-state index contributed by atoms with van der Waals surface area (Å²) < 4.78 is 4.50. The molecule has 0 saturated heterocycles. The van der Waals surface area contributed by atoms with Crippen LogP contribution in [0.3, 0.4) is 0 Å². The van der Waals surface area contributed by atoms with Crippen LogP contribution in [-0.4, -0.2) is 23.6 Å². The van der Waals surface area contributed by atoms with Gasteiger partial charge in [0.25, 0.3) is 0 Å². The van der Waals surface area contributed by atoms with Gasteiger partial charge in [-0.3, -0.25) is 4.79 Å². The molecular formula is C5H11ClN2O3. The molecule has 66 valence electrons. The molecule has 3 N–H and O–H groups in total. The monoisotopic (exact) mass is 182 g/mol. The molecule has 0 saturated carbocycles. The van der Waals surface area contributed by atoms with E-state index >= 15 is 0 Å². The second-order valence-electron chi connectivity index (χ2n) is 1.57. The highest BCUT2D eigenvalue weighted by atomic mass is 35.5. The van der Waals surface area contributed by atoms with Gasteiger partial charge < -0.3 is 15.7 Å². The standard InChI is InChI=1S/C5H10N2O3.ClH/c1-2-10-5(8)3-4(6)7-9;/h9H,2-3H2,1H3,(H2,6,7);1H. The van der Waals surface area contributed by atoms with E-state index in [4.69, 9.17) is 10.9 Å². The summed E-state index contributed by atoms with van der Waals surface area (Å²) >= 11 is 0. The van der Waals surface area contributed by atoms with Crippen LogP contribution in [0.25, 0.3) is 0 Å². The molecule has 0 fully saturated rings. The average Bonchev–Trinajstić information content (AvgIpc) is 1.88. The number of carbonyl (C=O) groups is 1. The molecule has 0 aromatic carbocycles. The lowest BCUT2D eigenvalue weighted by Gasteiger charge is -1.98. The van der Waals surface area contributed by atoms with Gasteiger partial charge in [-0.25, -0.2) is 0 Å². The van der Waals surface area contributed by atoms with Crippen LogP contribution in [0.5, 0.6) is 0 Å². The number of carbonyl (C=O) groups excluding carboxylic acids is 1. The number of nitrogens with two attached hydrogens (primary N) is 1. The zero-order valence-electron chi connectivity index (χ0n) is 6.11. The number of amidine groups is 1. The normalized spacial score (nSPS) is 10.1. The van der Waals surface area contributed by atoms with Crippen LogP contribution < -0.4 is 5.73 Å². The predicted octanol–water partition coefficient (Wildman–Crippen LogP) is 0.108. The lowest BCUT2D eigenvalue weighted by atomic mass is 10.4. The molecule has 0 unspecified atom stereocenters. The first kappa shape index (κ1) is 12.7. The summed E-state index contributed by atoms with van der Waals surface area (Å²) in [6.45, 7) is 1.99. The quantitative estimate of drug-likeness (QED) is 0.213. The Kier molecular flexibility index (Phi) is 8.23. The molecule has 0 aromatic heterocycles. The molecule has 6 heteroatoms. The largest absolute Gasteiger partial charge is 0.466 e. The number of hydrogen-bond donors (Lipinski definition) is 2. The van der Waals surface area contributed by atoms with Crippen LogP contribution in [-0.2, 0) is 9.53 Å². The van der Waals surface area contributed by atoms with Crippen molar-refractivity contribution in [1.29, 1.82) is 0 Å². The molecule has 0 aromatic rings. The minimum atomic E-state index is -0.488. The molecule has 5 nitrogen and oxygen atoms in total. The van der Waals surface area contributed by atoms with Gasteiger partial charge in [0.2, 0.25) is 0 Å². The highest BCUT2D eigenvalue weighted by molar-refractivity contribution is 5.96. The highest BCUT2D eigenvalue weighted by Crippen LogP contribution is 1.85. The first-order valence-corrected chi connectivity index (χ1v) is 2.82. The summed E-state index contributed by atoms with van der Waals surface area (Å²) in [5.41, 5.74) is 5.00. The van der Waals surface area contributed by atoms with E-state index < -0.39 is 5.97 Å². The van der Waals surface area contributed by atoms with Crippen molar-refractivity contribution in [3.63, 3.8) is 0 Å². The zero-order valence-corrected chi connectivity index (χ0v) is 6.93. The van der Waals surface area contributed by atoms with E-state index in [-0.39, 0.29) is 24.7 Å². The van der Waals surface area contributed by atoms with E-state index in [1.54, 1.807) is 6.92 Å². The van der Waals surface area contributed by atoms with Gasteiger partial charge in [0.05, 0.1) is 6.61 Å². The van der Waals surface area contributed by atoms with Crippen LogP contribution in [0.15, 0.2) is 5.16 Å². The molecular weight excluding hydrogens is 172 g/mol. The van der Waals surface area contributed by atoms with Crippen LogP contribution in [0.2, 0.25) is 0 Å². The van der Waals surface area contributed by atoms with Gasteiger partial charge in [-0.15, -0.1) is 12.4 Å². The summed E-state index contributed by atoms with van der Waals surface area (Å²) in [5.74, 6) is -0.628. The Morgan fingerprint density at radius 1 is 1.73 bits per heavy atom. The van der Waals surface area contributed by atoms with Crippen molar-refractivity contribution in [2.75, 3.05) is 6.61 Å². The number of oxime groups is 1. The molecule has 0 aliphatic carbocycles. The zero-order chi connectivity index (χ0) is 7.98. The number of nitrogens with zero attached hydrogens (tertiary/aromatic N) is 1. The summed E-state index contributed by atoms with van der Waals surface area (Å²) in [7, 11) is 0. The smallest absolute Gasteiger partial charge is 0.313 e. The Morgan fingerprint density at radius 2 is 2.27 bits per heavy atom. The van der Waals surface area contributed by atoms with E-state index in [9.17, 15) is 4.79 Å². The van der Waals surface area contributed by atoms with E-state index in [0.29, 0.717) is 6.61 Å². The first-order valence-electron chi connectivity index (χ1n) is 2.82. The van der Waals surface area contributed by atoms with Crippen LogP contribution in [0.4, 0.5) is 0 Å². The van der Waals surface area contributed by atoms with Gasteiger partial charge in [0.15, 0.2) is 0 Å². The van der Waals surface area contributed by atoms with Crippen LogP contribution >= 0.6 is 12.4 Å². The molecule has 11 heavy (non-hydrogen) atoms. The van der Waals surface area contributed by atoms with Gasteiger partial charge in [0.1, 0.15) is 12.3 Å². The minimum Gasteiger partial charge on any atom is -0.466 e. The average molecular weight is 183 g/mol. The Morgan fingerprint density at radius 3 is 2.64 bits per heavy atom. The van der Waals surface area contributed by atoms with Crippen molar-refractivity contribution < 1.29 is 14.7 Å². The van der Waals surface area contributed by atoms with Gasteiger partial charge in [0, 0.05) is 0 Å². The third-order valence-electron chi connectivity index (χ3n) is 0.759. The third-order valence-corrected chi connectivity index (χ3v) is 0.759. The van der Waals surface area contributed by atoms with Crippen molar-refractivity contribution in [2.24, 2.45) is 10.9 Å². The molecule has 0 bridgehead atoms. The van der Waals surface area contributed by atoms with Crippen LogP contribution in [0, 0.1) is 0 Å². The van der Waals surface area contributed by atoms with E-state index in [0.717, 1.165) is 0 Å². The molecule has 0 atom stereocenters. The van der Waals surface area contributed by atoms with Gasteiger partial charge in [-0.05, 0) is 6.92 Å². The minimum absolute atomic E-state index is 0. The van der Waals surface area contributed by atoms with E-state index in [2.05, 4.69) is 9.89 Å². The maximum Gasteiger partial charge on any atom is 0.313 e. The second-order valence-corrected chi connectivity index (χ2v) is 1.57. The molecule has 0 heterocycles. The molecule has 0 amide bonds. The van der Waals surface area contributed by atoms with Crippen molar-refractivity contribution in [1.82, 2.24) is 0 Å². The first-order chi connectivity index (χ1) is 4.70. The second kappa shape index (κ2) is 7.14. The maximum absolute atomic E-state index is 10.5. The Labute approximate surface area is 70.6 Å². The summed E-state index contributed by atoms with van der Waals surface area (Å²) in [5, 5.41) is 10.6. The van der Waals surface area contributed by atoms with Crippen LogP contribution in [0.1, 0.15) is 13.3 Å². The van der Waals surface area contributed by atoms with Gasteiger partial charge in [-0.2, -0.15) is 0 Å². The fraction of sp³-hybridized carbons (Fsp3) is 0.600. The Hall–Kier alpha value is -0.970. The van der Waals surface area contributed by atoms with Gasteiger partial charge in [-0.1, -0.05) is 5.16 Å². The molecule has 0 aliphatic rings. The van der Waals surface area contributed by atoms with Gasteiger partial charge >= 0.3 is 5.97 Å². The fourth-order valence-corrected chi connectivity index (χ4v) is 0.395. The number of ether oxygens (including phenoxy) is 1. The SMILES string of the molecule is CCOC(=O)CC(N)=NO.Cl. The topological polar surface area (TPSA) is 84.9 Å². The number of halogens is 1. The van der Waals surface area contributed by atoms with Crippen molar-refractivity contribution in [2.45, 2.75) is 13.3 Å². The fourth-order valence-electron chi connectivity index (χ4n) is 0.395. The summed E-state index contributed by atoms with van der Waals surface area (Å²) in [6, 6.07) is 0. The highest BCUT2D eigenvalue weighted by Gasteiger charge is 2.03. The summed E-state index contributed by atoms with van der Waals surface area (Å²) in [4.78, 5) is 10.5. The maximum atomic E-state index is 10.5. The number of hydrogen-bond acceptors (Lipinski definition) is 4. The Bertz CT molecular complexity index is 149. The third kappa shape index (κ3) is 6.92. The lowest BCUT2D eigenvalue weighted by Crippen LogP contribution is -2.18. The van der Waals surface area contributed by atoms with Crippen molar-refractivity contribution in [3.8, 4) is 0 Å². The Balaban J connectivity index is 0. The van der Waals surface area contributed by atoms with E-state index in [1.165, 1.54) is 0 Å². The number of esters is 1. The summed E-state index contributed by atoms with van der Waals surface area (Å²) in [6.07, 6.45) is -0.162. The van der Waals surface area contributed by atoms with Crippen molar-refractivity contribution >= 4 is 24.2 Å². The van der Waals surface area contributed by atoms with E-state index in [1.807, 2.05) is 0 Å². The lowest BCUT2D eigenvalue weighted by molar-refractivity contribution is -0.141. The number of rotatable bonds is 3.